The number of hydrogen-bond acceptors (Lipinski definition) is 3. The molecular weight excluding hydrogens is 232 g/mol. The SMILES string of the molecule is COC(=O)CN(C)C(=O)c1cccc(F)c1F. The first-order chi connectivity index (χ1) is 7.97. The Morgan fingerprint density at radius 3 is 2.59 bits per heavy atom. The van der Waals surface area contributed by atoms with Crippen LogP contribution in [-0.4, -0.2) is 37.5 Å². The topological polar surface area (TPSA) is 46.6 Å². The number of carbonyl (C=O) groups is 2. The molecule has 0 N–H and O–H groups in total. The molecule has 92 valence electrons. The van der Waals surface area contributed by atoms with Gasteiger partial charge in [-0.05, 0) is 12.1 Å². The Labute approximate surface area is 96.8 Å². The molecule has 0 unspecified atom stereocenters. The van der Waals surface area contributed by atoms with Crippen molar-refractivity contribution in [3.63, 3.8) is 0 Å². The maximum absolute atomic E-state index is 13.3. The second-order valence-corrected chi connectivity index (χ2v) is 3.34. The minimum absolute atomic E-state index is 0.328. The Morgan fingerprint density at radius 1 is 1.35 bits per heavy atom. The van der Waals surface area contributed by atoms with Gasteiger partial charge >= 0.3 is 5.97 Å². The fourth-order valence-electron chi connectivity index (χ4n) is 1.20. The molecule has 1 aromatic rings. The normalized spacial score (nSPS) is 9.88. The predicted octanol–water partition coefficient (Wildman–Crippen LogP) is 1.21. The molecule has 4 nitrogen and oxygen atoms in total. The molecule has 0 radical (unpaired) electrons. The molecule has 0 spiro atoms. The summed E-state index contributed by atoms with van der Waals surface area (Å²) in [6.07, 6.45) is 0. The molecule has 0 aliphatic heterocycles. The van der Waals surface area contributed by atoms with Crippen LogP contribution in [0.5, 0.6) is 0 Å². The summed E-state index contributed by atoms with van der Waals surface area (Å²) in [5.74, 6) is -3.76. The first-order valence-corrected chi connectivity index (χ1v) is 4.73. The smallest absolute Gasteiger partial charge is 0.325 e. The minimum Gasteiger partial charge on any atom is -0.468 e. The summed E-state index contributed by atoms with van der Waals surface area (Å²) in [6, 6.07) is 3.28. The van der Waals surface area contributed by atoms with Crippen LogP contribution in [0.3, 0.4) is 0 Å². The molecule has 0 heterocycles. The van der Waals surface area contributed by atoms with Crippen LogP contribution in [0.1, 0.15) is 10.4 Å². The largest absolute Gasteiger partial charge is 0.468 e. The zero-order valence-electron chi connectivity index (χ0n) is 9.37. The number of rotatable bonds is 3. The number of methoxy groups -OCH3 is 1. The van der Waals surface area contributed by atoms with Crippen molar-refractivity contribution in [3.05, 3.63) is 35.4 Å². The molecular formula is C11H11F2NO3. The number of carbonyl (C=O) groups excluding carboxylic acids is 2. The average molecular weight is 243 g/mol. The fraction of sp³-hybridized carbons (Fsp3) is 0.273. The quantitative estimate of drug-likeness (QED) is 0.750. The van der Waals surface area contributed by atoms with Gasteiger partial charge in [-0.25, -0.2) is 8.78 Å². The van der Waals surface area contributed by atoms with Crippen LogP contribution in [0.4, 0.5) is 8.78 Å². The van der Waals surface area contributed by atoms with Crippen LogP contribution in [0, 0.1) is 11.6 Å². The van der Waals surface area contributed by atoms with Crippen molar-refractivity contribution in [1.82, 2.24) is 4.90 Å². The zero-order valence-corrected chi connectivity index (χ0v) is 9.37. The van der Waals surface area contributed by atoms with E-state index in [1.165, 1.54) is 20.2 Å². The van der Waals surface area contributed by atoms with Crippen molar-refractivity contribution in [2.75, 3.05) is 20.7 Å². The number of halogens is 2. The molecule has 1 aromatic carbocycles. The van der Waals surface area contributed by atoms with Crippen molar-refractivity contribution in [3.8, 4) is 0 Å². The highest BCUT2D eigenvalue weighted by Crippen LogP contribution is 2.13. The van der Waals surface area contributed by atoms with Gasteiger partial charge in [-0.15, -0.1) is 0 Å². The number of hydrogen-bond donors (Lipinski definition) is 0. The summed E-state index contributed by atoms with van der Waals surface area (Å²) >= 11 is 0. The van der Waals surface area contributed by atoms with Crippen molar-refractivity contribution in [2.24, 2.45) is 0 Å². The molecule has 1 rings (SSSR count). The van der Waals surface area contributed by atoms with Gasteiger partial charge in [0.1, 0.15) is 6.54 Å². The Kier molecular flexibility index (Phi) is 4.14. The summed E-state index contributed by atoms with van der Waals surface area (Å²) in [7, 11) is 2.47. The highest BCUT2D eigenvalue weighted by atomic mass is 19.2. The van der Waals surface area contributed by atoms with E-state index in [2.05, 4.69) is 4.74 Å². The van der Waals surface area contributed by atoms with Crippen molar-refractivity contribution < 1.29 is 23.1 Å². The molecule has 0 aliphatic rings. The van der Waals surface area contributed by atoms with Crippen molar-refractivity contribution in [1.29, 1.82) is 0 Å². The molecule has 0 aliphatic carbocycles. The first kappa shape index (κ1) is 13.1. The number of benzene rings is 1. The van der Waals surface area contributed by atoms with Gasteiger partial charge in [-0.3, -0.25) is 9.59 Å². The second-order valence-electron chi connectivity index (χ2n) is 3.34. The Hall–Kier alpha value is -1.98. The molecule has 0 aromatic heterocycles. The van der Waals surface area contributed by atoms with E-state index in [0.29, 0.717) is 0 Å². The highest BCUT2D eigenvalue weighted by Gasteiger charge is 2.20. The maximum Gasteiger partial charge on any atom is 0.325 e. The number of nitrogens with zero attached hydrogens (tertiary/aromatic N) is 1. The van der Waals surface area contributed by atoms with Gasteiger partial charge in [0.15, 0.2) is 11.6 Å². The van der Waals surface area contributed by atoms with Gasteiger partial charge in [0.25, 0.3) is 5.91 Å². The second kappa shape index (κ2) is 5.38. The van der Waals surface area contributed by atoms with E-state index in [1.807, 2.05) is 0 Å². The molecule has 0 saturated heterocycles. The van der Waals surface area contributed by atoms with Crippen molar-refractivity contribution >= 4 is 11.9 Å². The van der Waals surface area contributed by atoms with E-state index in [0.717, 1.165) is 17.0 Å². The molecule has 17 heavy (non-hydrogen) atoms. The van der Waals surface area contributed by atoms with Crippen LogP contribution in [0.25, 0.3) is 0 Å². The van der Waals surface area contributed by atoms with Gasteiger partial charge in [0.05, 0.1) is 12.7 Å². The maximum atomic E-state index is 13.3. The van der Waals surface area contributed by atoms with Crippen LogP contribution in [0.15, 0.2) is 18.2 Å². The molecule has 0 bridgehead atoms. The Morgan fingerprint density at radius 2 is 2.00 bits per heavy atom. The van der Waals surface area contributed by atoms with Gasteiger partial charge in [0.2, 0.25) is 0 Å². The number of likely N-dealkylation sites (N-methyl/N-ethyl adjacent to an activating group) is 1. The highest BCUT2D eigenvalue weighted by molar-refractivity contribution is 5.96. The third kappa shape index (κ3) is 2.99. The predicted molar refractivity (Wildman–Crippen MR) is 55.3 cm³/mol. The zero-order chi connectivity index (χ0) is 13.0. The van der Waals surface area contributed by atoms with E-state index in [4.69, 9.17) is 0 Å². The lowest BCUT2D eigenvalue weighted by atomic mass is 10.2. The van der Waals surface area contributed by atoms with Crippen LogP contribution in [0.2, 0.25) is 0 Å². The van der Waals surface area contributed by atoms with Gasteiger partial charge in [-0.2, -0.15) is 0 Å². The number of esters is 1. The van der Waals surface area contributed by atoms with Crippen LogP contribution >= 0.6 is 0 Å². The average Bonchev–Trinajstić information content (AvgIpc) is 2.31. The van der Waals surface area contributed by atoms with Gasteiger partial charge < -0.3 is 9.64 Å². The summed E-state index contributed by atoms with van der Waals surface area (Å²) < 4.78 is 30.5. The Balaban J connectivity index is 2.89. The van der Waals surface area contributed by atoms with E-state index in [1.54, 1.807) is 0 Å². The Bertz CT molecular complexity index is 448. The third-order valence-corrected chi connectivity index (χ3v) is 2.12. The molecule has 0 fully saturated rings. The third-order valence-electron chi connectivity index (χ3n) is 2.12. The van der Waals surface area contributed by atoms with Crippen molar-refractivity contribution in [2.45, 2.75) is 0 Å². The van der Waals surface area contributed by atoms with E-state index in [-0.39, 0.29) is 6.54 Å². The number of ether oxygens (including phenoxy) is 1. The molecule has 0 saturated carbocycles. The monoisotopic (exact) mass is 243 g/mol. The molecule has 1 amide bonds. The van der Waals surface area contributed by atoms with Gasteiger partial charge in [-0.1, -0.05) is 6.07 Å². The lowest BCUT2D eigenvalue weighted by Crippen LogP contribution is -2.33. The van der Waals surface area contributed by atoms with E-state index >= 15 is 0 Å². The summed E-state index contributed by atoms with van der Waals surface area (Å²) in [4.78, 5) is 23.6. The minimum atomic E-state index is -1.23. The lowest BCUT2D eigenvalue weighted by molar-refractivity contribution is -0.141. The first-order valence-electron chi connectivity index (χ1n) is 4.73. The van der Waals surface area contributed by atoms with Crippen LogP contribution < -0.4 is 0 Å². The molecule has 6 heteroatoms. The molecule has 0 atom stereocenters. The van der Waals surface area contributed by atoms with E-state index < -0.39 is 29.1 Å². The van der Waals surface area contributed by atoms with E-state index in [9.17, 15) is 18.4 Å². The summed E-state index contributed by atoms with van der Waals surface area (Å²) in [5.41, 5.74) is -0.420. The lowest BCUT2D eigenvalue weighted by Gasteiger charge is -2.15. The summed E-state index contributed by atoms with van der Waals surface area (Å²) in [5, 5.41) is 0. The fourth-order valence-corrected chi connectivity index (χ4v) is 1.20. The standard InChI is InChI=1S/C11H11F2NO3/c1-14(6-9(15)17-2)11(16)7-4-3-5-8(12)10(7)13/h3-5H,6H2,1-2H3. The summed E-state index contributed by atoms with van der Waals surface area (Å²) in [6.45, 7) is -0.328. The van der Waals surface area contributed by atoms with Crippen LogP contribution in [-0.2, 0) is 9.53 Å². The number of amides is 1. The van der Waals surface area contributed by atoms with Gasteiger partial charge in [0, 0.05) is 7.05 Å².